The topological polar surface area (TPSA) is 73.2 Å². The van der Waals surface area contributed by atoms with Gasteiger partial charge in [-0.3, -0.25) is 4.79 Å². The normalized spacial score (nSPS) is 15.9. The molecule has 2 aromatic carbocycles. The van der Waals surface area contributed by atoms with Gasteiger partial charge in [0.1, 0.15) is 17.9 Å². The van der Waals surface area contributed by atoms with E-state index in [9.17, 15) is 9.59 Å². The number of aromatic nitrogens is 2. The summed E-state index contributed by atoms with van der Waals surface area (Å²) in [5.41, 5.74) is 4.94. The van der Waals surface area contributed by atoms with Gasteiger partial charge in [-0.05, 0) is 38.0 Å². The first kappa shape index (κ1) is 18.9. The van der Waals surface area contributed by atoms with E-state index in [2.05, 4.69) is 11.4 Å². The van der Waals surface area contributed by atoms with Crippen LogP contribution in [0.1, 0.15) is 34.3 Å². The molecule has 1 aliphatic rings. The van der Waals surface area contributed by atoms with Gasteiger partial charge in [0.25, 0.3) is 0 Å². The summed E-state index contributed by atoms with van der Waals surface area (Å²) in [6.45, 7) is 4.20. The second-order valence-electron chi connectivity index (χ2n) is 7.39. The van der Waals surface area contributed by atoms with Gasteiger partial charge in [-0.25, -0.2) is 9.48 Å². The predicted octanol–water partition coefficient (Wildman–Crippen LogP) is 3.59. The molecule has 6 heteroatoms. The van der Waals surface area contributed by atoms with Crippen molar-refractivity contribution >= 4 is 11.9 Å². The Hall–Kier alpha value is -3.41. The van der Waals surface area contributed by atoms with Crippen molar-refractivity contribution in [1.82, 2.24) is 15.1 Å². The second-order valence-corrected chi connectivity index (χ2v) is 7.39. The number of carbonyl (C=O) groups excluding carboxylic acids is 2. The highest BCUT2D eigenvalue weighted by molar-refractivity contribution is 5.96. The van der Waals surface area contributed by atoms with Crippen molar-refractivity contribution in [3.8, 4) is 16.9 Å². The van der Waals surface area contributed by atoms with Gasteiger partial charge < -0.3 is 10.1 Å². The highest BCUT2D eigenvalue weighted by Crippen LogP contribution is 2.28. The Morgan fingerprint density at radius 3 is 2.69 bits per heavy atom. The van der Waals surface area contributed by atoms with E-state index in [4.69, 9.17) is 9.84 Å². The molecule has 1 fully saturated rings. The molecule has 0 aliphatic carbocycles. The van der Waals surface area contributed by atoms with Gasteiger partial charge in [0, 0.05) is 18.2 Å². The maximum atomic E-state index is 12.9. The molecule has 4 rings (SSSR count). The molecule has 0 bridgehead atoms. The van der Waals surface area contributed by atoms with Crippen molar-refractivity contribution in [1.29, 1.82) is 0 Å². The van der Waals surface area contributed by atoms with E-state index < -0.39 is 5.97 Å². The maximum absolute atomic E-state index is 12.9. The molecule has 1 unspecified atom stereocenters. The average molecular weight is 389 g/mol. The smallest absolute Gasteiger partial charge is 0.342 e. The third-order valence-electron chi connectivity index (χ3n) is 5.09. The number of para-hydroxylation sites is 1. The molecule has 3 aromatic rings. The van der Waals surface area contributed by atoms with Gasteiger partial charge in [-0.15, -0.1) is 0 Å². The van der Waals surface area contributed by atoms with Gasteiger partial charge in [0.05, 0.1) is 11.7 Å². The fourth-order valence-corrected chi connectivity index (χ4v) is 3.57. The summed E-state index contributed by atoms with van der Waals surface area (Å²) in [6, 6.07) is 15.6. The molecular weight excluding hydrogens is 366 g/mol. The Labute approximate surface area is 169 Å². The molecule has 0 saturated carbocycles. The van der Waals surface area contributed by atoms with Crippen molar-refractivity contribution in [3.63, 3.8) is 0 Å². The van der Waals surface area contributed by atoms with Crippen molar-refractivity contribution in [2.45, 2.75) is 32.7 Å². The van der Waals surface area contributed by atoms with Gasteiger partial charge in [0.2, 0.25) is 5.91 Å². The van der Waals surface area contributed by atoms with Crippen molar-refractivity contribution in [3.05, 3.63) is 71.4 Å². The fraction of sp³-hybridized carbons (Fsp3) is 0.261. The van der Waals surface area contributed by atoms with Crippen LogP contribution < -0.4 is 5.32 Å². The number of carbonyl (C=O) groups is 2. The van der Waals surface area contributed by atoms with Crippen LogP contribution in [0.25, 0.3) is 16.9 Å². The quantitative estimate of drug-likeness (QED) is 0.677. The molecule has 1 amide bonds. The molecule has 1 aromatic heterocycles. The lowest BCUT2D eigenvalue weighted by Gasteiger charge is -2.11. The Morgan fingerprint density at radius 1 is 1.21 bits per heavy atom. The first-order chi connectivity index (χ1) is 14.0. The molecule has 1 saturated heterocycles. The van der Waals surface area contributed by atoms with Crippen LogP contribution in [0, 0.1) is 13.8 Å². The van der Waals surface area contributed by atoms with E-state index in [1.54, 1.807) is 10.9 Å². The third kappa shape index (κ3) is 4.06. The Bertz CT molecular complexity index is 1060. The lowest BCUT2D eigenvalue weighted by molar-refractivity contribution is -0.119. The van der Waals surface area contributed by atoms with Gasteiger partial charge in [0.15, 0.2) is 0 Å². The Morgan fingerprint density at radius 2 is 2.00 bits per heavy atom. The van der Waals surface area contributed by atoms with Gasteiger partial charge in [-0.2, -0.15) is 5.10 Å². The van der Waals surface area contributed by atoms with Gasteiger partial charge >= 0.3 is 5.97 Å². The van der Waals surface area contributed by atoms with Crippen LogP contribution in [-0.4, -0.2) is 34.3 Å². The number of nitrogens with zero attached hydrogens (tertiary/aromatic N) is 2. The van der Waals surface area contributed by atoms with Crippen molar-refractivity contribution in [2.75, 3.05) is 6.61 Å². The fourth-order valence-electron chi connectivity index (χ4n) is 3.57. The summed E-state index contributed by atoms with van der Waals surface area (Å²) in [4.78, 5) is 24.3. The molecule has 148 valence electrons. The second kappa shape index (κ2) is 7.91. The van der Waals surface area contributed by atoms with E-state index in [1.165, 1.54) is 0 Å². The van der Waals surface area contributed by atoms with Crippen molar-refractivity contribution in [2.24, 2.45) is 0 Å². The summed E-state index contributed by atoms with van der Waals surface area (Å²) in [5.74, 6) is -0.442. The average Bonchev–Trinajstić information content (AvgIpc) is 3.33. The van der Waals surface area contributed by atoms with Crippen LogP contribution in [0.2, 0.25) is 0 Å². The Balaban J connectivity index is 1.68. The summed E-state index contributed by atoms with van der Waals surface area (Å²) in [6.07, 6.45) is 2.86. The highest BCUT2D eigenvalue weighted by Gasteiger charge is 2.25. The number of aryl methyl sites for hydroxylation is 2. The third-order valence-corrected chi connectivity index (χ3v) is 5.09. The first-order valence-corrected chi connectivity index (χ1v) is 9.70. The summed E-state index contributed by atoms with van der Waals surface area (Å²) in [5, 5.41) is 7.52. The van der Waals surface area contributed by atoms with E-state index in [0.717, 1.165) is 22.4 Å². The lowest BCUT2D eigenvalue weighted by Crippen LogP contribution is -2.30. The first-order valence-electron chi connectivity index (χ1n) is 9.70. The monoisotopic (exact) mass is 389 g/mol. The summed E-state index contributed by atoms with van der Waals surface area (Å²) in [7, 11) is 0. The number of hydrogen-bond acceptors (Lipinski definition) is 4. The minimum Gasteiger partial charge on any atom is -0.460 e. The van der Waals surface area contributed by atoms with E-state index in [0.29, 0.717) is 24.1 Å². The Kier molecular flexibility index (Phi) is 5.16. The molecule has 1 N–H and O–H groups in total. The van der Waals surface area contributed by atoms with Crippen LogP contribution >= 0.6 is 0 Å². The van der Waals surface area contributed by atoms with Crippen molar-refractivity contribution < 1.29 is 14.3 Å². The van der Waals surface area contributed by atoms with E-state index in [1.807, 2.05) is 56.3 Å². The predicted molar refractivity (Wildman–Crippen MR) is 110 cm³/mol. The maximum Gasteiger partial charge on any atom is 0.342 e. The van der Waals surface area contributed by atoms with Gasteiger partial charge in [-0.1, -0.05) is 42.0 Å². The van der Waals surface area contributed by atoms with E-state index >= 15 is 0 Å². The zero-order valence-electron chi connectivity index (χ0n) is 16.5. The molecule has 1 aliphatic heterocycles. The molecule has 0 radical (unpaired) electrons. The van der Waals surface area contributed by atoms with Crippen LogP contribution in [0.5, 0.6) is 0 Å². The molecule has 2 heterocycles. The number of amides is 1. The number of esters is 1. The molecule has 6 nitrogen and oxygen atoms in total. The zero-order valence-corrected chi connectivity index (χ0v) is 16.5. The number of ether oxygens (including phenoxy) is 1. The number of rotatable bonds is 5. The van der Waals surface area contributed by atoms with Crippen LogP contribution in [-0.2, 0) is 9.53 Å². The number of nitrogens with one attached hydrogen (secondary N) is 1. The molecule has 29 heavy (non-hydrogen) atoms. The highest BCUT2D eigenvalue weighted by atomic mass is 16.5. The summed E-state index contributed by atoms with van der Waals surface area (Å²) < 4.78 is 7.23. The molecule has 0 spiro atoms. The molecular formula is C23H23N3O3. The summed E-state index contributed by atoms with van der Waals surface area (Å²) >= 11 is 0. The SMILES string of the molecule is Cc1ccc(-c2nn(-c3ccccc3)cc2C(=O)OCC2CCC(=O)N2)c(C)c1. The lowest BCUT2D eigenvalue weighted by atomic mass is 10.0. The van der Waals surface area contributed by atoms with Crippen LogP contribution in [0.3, 0.4) is 0 Å². The number of hydrogen-bond donors (Lipinski definition) is 1. The van der Waals surface area contributed by atoms with Crippen LogP contribution in [0.4, 0.5) is 0 Å². The molecule has 1 atom stereocenters. The minimum atomic E-state index is -0.441. The largest absolute Gasteiger partial charge is 0.460 e. The minimum absolute atomic E-state index is 0.00100. The number of benzene rings is 2. The standard InChI is InChI=1S/C23H23N3O3/c1-15-8-10-19(16(2)12-15)22-20(13-26(25-22)18-6-4-3-5-7-18)23(28)29-14-17-9-11-21(27)24-17/h3-8,10,12-13,17H,9,11,14H2,1-2H3,(H,24,27). The van der Waals surface area contributed by atoms with Crippen LogP contribution in [0.15, 0.2) is 54.7 Å². The zero-order chi connectivity index (χ0) is 20.4. The van der Waals surface area contributed by atoms with E-state index in [-0.39, 0.29) is 18.6 Å².